The molecule has 0 spiro atoms. The van der Waals surface area contributed by atoms with E-state index in [1.165, 1.54) is 12.1 Å². The molecule has 0 bridgehead atoms. The zero-order chi connectivity index (χ0) is 21.4. The van der Waals surface area contributed by atoms with Gasteiger partial charge in [-0.3, -0.25) is 9.52 Å². The van der Waals surface area contributed by atoms with Crippen molar-refractivity contribution in [1.29, 1.82) is 0 Å². The zero-order valence-corrected chi connectivity index (χ0v) is 17.1. The predicted molar refractivity (Wildman–Crippen MR) is 111 cm³/mol. The molecule has 10 heteroatoms. The van der Waals surface area contributed by atoms with Crippen molar-refractivity contribution in [2.75, 3.05) is 10.0 Å². The number of hydrogen-bond acceptors (Lipinski definition) is 7. The summed E-state index contributed by atoms with van der Waals surface area (Å²) in [5.41, 5.74) is 6.63. The molecule has 0 aliphatic heterocycles. The Hall–Kier alpha value is -3.24. The molecule has 1 heterocycles. The van der Waals surface area contributed by atoms with Gasteiger partial charge in [-0.25, -0.2) is 8.42 Å². The Bertz CT molecular complexity index is 1180. The van der Waals surface area contributed by atoms with Crippen LogP contribution in [0.15, 0.2) is 57.9 Å². The number of nitrogens with zero attached hydrogens (tertiary/aromatic N) is 2. The Labute approximate surface area is 173 Å². The molecule has 1 amide bonds. The van der Waals surface area contributed by atoms with Crippen molar-refractivity contribution in [1.82, 2.24) is 10.1 Å². The minimum atomic E-state index is -3.82. The van der Waals surface area contributed by atoms with E-state index in [2.05, 4.69) is 20.2 Å². The van der Waals surface area contributed by atoms with Gasteiger partial charge in [0.15, 0.2) is 0 Å². The molecule has 3 aromatic rings. The first-order valence-electron chi connectivity index (χ1n) is 9.36. The molecular formula is C20H21N5O4S. The topological polar surface area (TPSA) is 140 Å². The average Bonchev–Trinajstić information content (AvgIpc) is 3.30. The summed E-state index contributed by atoms with van der Waals surface area (Å²) in [6.07, 6.45) is 1.72. The van der Waals surface area contributed by atoms with Crippen LogP contribution in [0, 0.1) is 5.41 Å². The number of carbonyl (C=O) groups is 1. The average molecular weight is 427 g/mol. The summed E-state index contributed by atoms with van der Waals surface area (Å²) in [4.78, 5) is 16.4. The maximum atomic E-state index is 12.7. The van der Waals surface area contributed by atoms with E-state index in [4.69, 9.17) is 10.3 Å². The van der Waals surface area contributed by atoms with E-state index in [9.17, 15) is 13.2 Å². The lowest BCUT2D eigenvalue weighted by Gasteiger charge is -2.12. The Morgan fingerprint density at radius 3 is 2.50 bits per heavy atom. The van der Waals surface area contributed by atoms with Crippen molar-refractivity contribution in [3.63, 3.8) is 0 Å². The SMILES string of the molecule is CC1(C(=O)Nc2cccc(NS(=O)(=O)c3ccc(-c4noc(CN)n4)cc3)c2)CC1. The molecule has 0 unspecified atom stereocenters. The molecule has 0 radical (unpaired) electrons. The molecule has 0 atom stereocenters. The maximum absolute atomic E-state index is 12.7. The smallest absolute Gasteiger partial charge is 0.261 e. The van der Waals surface area contributed by atoms with Crippen LogP contribution >= 0.6 is 0 Å². The highest BCUT2D eigenvalue weighted by molar-refractivity contribution is 7.92. The van der Waals surface area contributed by atoms with Gasteiger partial charge in [0.2, 0.25) is 17.6 Å². The van der Waals surface area contributed by atoms with E-state index in [0.29, 0.717) is 28.7 Å². The van der Waals surface area contributed by atoms with Crippen LogP contribution in [0.5, 0.6) is 0 Å². The van der Waals surface area contributed by atoms with Crippen LogP contribution in [0.1, 0.15) is 25.7 Å². The van der Waals surface area contributed by atoms with Crippen molar-refractivity contribution >= 4 is 27.3 Å². The highest BCUT2D eigenvalue weighted by atomic mass is 32.2. The molecule has 4 rings (SSSR count). The van der Waals surface area contributed by atoms with Crippen LogP contribution in [0.3, 0.4) is 0 Å². The fraction of sp³-hybridized carbons (Fsp3) is 0.250. The van der Waals surface area contributed by atoms with Crippen molar-refractivity contribution in [3.8, 4) is 11.4 Å². The van der Waals surface area contributed by atoms with Gasteiger partial charge >= 0.3 is 0 Å². The molecule has 4 N–H and O–H groups in total. The highest BCUT2D eigenvalue weighted by Gasteiger charge is 2.44. The van der Waals surface area contributed by atoms with Crippen molar-refractivity contribution in [2.24, 2.45) is 11.1 Å². The fourth-order valence-electron chi connectivity index (χ4n) is 2.81. The van der Waals surface area contributed by atoms with E-state index >= 15 is 0 Å². The fourth-order valence-corrected chi connectivity index (χ4v) is 3.86. The lowest BCUT2D eigenvalue weighted by Crippen LogP contribution is -2.21. The number of anilines is 2. The first-order valence-corrected chi connectivity index (χ1v) is 10.8. The first-order chi connectivity index (χ1) is 14.3. The molecule has 0 saturated heterocycles. The highest BCUT2D eigenvalue weighted by Crippen LogP contribution is 2.45. The number of sulfonamides is 1. The molecule has 1 aliphatic carbocycles. The molecule has 1 aromatic heterocycles. The number of hydrogen-bond donors (Lipinski definition) is 3. The number of nitrogens with one attached hydrogen (secondary N) is 2. The quantitative estimate of drug-likeness (QED) is 0.526. The predicted octanol–water partition coefficient (Wildman–Crippen LogP) is 2.73. The molecule has 2 aromatic carbocycles. The Balaban J connectivity index is 1.48. The van der Waals surface area contributed by atoms with E-state index < -0.39 is 10.0 Å². The van der Waals surface area contributed by atoms with E-state index in [1.807, 2.05) is 6.92 Å². The summed E-state index contributed by atoms with van der Waals surface area (Å²) >= 11 is 0. The second-order valence-corrected chi connectivity index (χ2v) is 9.12. The lowest BCUT2D eigenvalue weighted by molar-refractivity contribution is -0.120. The third-order valence-corrected chi connectivity index (χ3v) is 6.38. The zero-order valence-electron chi connectivity index (χ0n) is 16.3. The minimum Gasteiger partial charge on any atom is -0.338 e. The van der Waals surface area contributed by atoms with Crippen molar-refractivity contribution in [3.05, 3.63) is 54.4 Å². The second-order valence-electron chi connectivity index (χ2n) is 7.44. The normalized spacial score (nSPS) is 14.9. The van der Waals surface area contributed by atoms with Gasteiger partial charge in [0, 0.05) is 16.7 Å². The lowest BCUT2D eigenvalue weighted by atomic mass is 10.1. The van der Waals surface area contributed by atoms with Gasteiger partial charge < -0.3 is 15.6 Å². The Kier molecular flexibility index (Phi) is 5.04. The minimum absolute atomic E-state index is 0.0580. The molecule has 1 fully saturated rings. The van der Waals surface area contributed by atoms with Crippen LogP contribution in [0.25, 0.3) is 11.4 Å². The summed E-state index contributed by atoms with van der Waals surface area (Å²) in [6, 6.07) is 12.7. The number of amides is 1. The maximum Gasteiger partial charge on any atom is 0.261 e. The molecule has 9 nitrogen and oxygen atoms in total. The number of benzene rings is 2. The standard InChI is InChI=1S/C20H21N5O4S/c1-20(9-10-20)19(26)22-14-3-2-4-15(11-14)25-30(27,28)16-7-5-13(6-8-16)18-23-17(12-21)29-24-18/h2-8,11,25H,9-10,12,21H2,1H3,(H,22,26). The summed E-state index contributed by atoms with van der Waals surface area (Å²) in [7, 11) is -3.82. The molecule has 156 valence electrons. The first kappa shape index (κ1) is 20.0. The van der Waals surface area contributed by atoms with Crippen molar-refractivity contribution < 1.29 is 17.7 Å². The Morgan fingerprint density at radius 1 is 1.17 bits per heavy atom. The summed E-state index contributed by atoms with van der Waals surface area (Å²) < 4.78 is 33.0. The summed E-state index contributed by atoms with van der Waals surface area (Å²) in [5.74, 6) is 0.573. The van der Waals surface area contributed by atoms with E-state index in [0.717, 1.165) is 12.8 Å². The number of rotatable bonds is 7. The summed E-state index contributed by atoms with van der Waals surface area (Å²) in [5, 5.41) is 6.64. The third-order valence-electron chi connectivity index (χ3n) is 4.99. The monoisotopic (exact) mass is 427 g/mol. The number of aromatic nitrogens is 2. The Morgan fingerprint density at radius 2 is 1.87 bits per heavy atom. The van der Waals surface area contributed by atoms with Gasteiger partial charge in [-0.05, 0) is 55.3 Å². The van der Waals surface area contributed by atoms with E-state index in [1.54, 1.807) is 36.4 Å². The molecule has 1 aliphatic rings. The van der Waals surface area contributed by atoms with Crippen LogP contribution in [0.4, 0.5) is 11.4 Å². The van der Waals surface area contributed by atoms with Crippen molar-refractivity contribution in [2.45, 2.75) is 31.2 Å². The summed E-state index contributed by atoms with van der Waals surface area (Å²) in [6.45, 7) is 2.03. The largest absolute Gasteiger partial charge is 0.338 e. The van der Waals surface area contributed by atoms with Crippen LogP contribution in [0.2, 0.25) is 0 Å². The van der Waals surface area contributed by atoms with Gasteiger partial charge in [0.25, 0.3) is 10.0 Å². The third kappa shape index (κ3) is 4.19. The van der Waals surface area contributed by atoms with Crippen LogP contribution in [-0.2, 0) is 21.4 Å². The van der Waals surface area contributed by atoms with Crippen LogP contribution in [-0.4, -0.2) is 24.5 Å². The van der Waals surface area contributed by atoms with E-state index in [-0.39, 0.29) is 22.8 Å². The van der Waals surface area contributed by atoms with Gasteiger partial charge in [0.1, 0.15) is 0 Å². The van der Waals surface area contributed by atoms with Gasteiger partial charge in [-0.2, -0.15) is 4.98 Å². The van der Waals surface area contributed by atoms with Gasteiger partial charge in [-0.15, -0.1) is 0 Å². The molecule has 1 saturated carbocycles. The van der Waals surface area contributed by atoms with Gasteiger partial charge in [-0.1, -0.05) is 18.1 Å². The van der Waals surface area contributed by atoms with Crippen LogP contribution < -0.4 is 15.8 Å². The number of nitrogens with two attached hydrogens (primary N) is 1. The number of carbonyl (C=O) groups excluding carboxylic acids is 1. The molecular weight excluding hydrogens is 406 g/mol. The second kappa shape index (κ2) is 7.54. The van der Waals surface area contributed by atoms with Gasteiger partial charge in [0.05, 0.1) is 17.1 Å². The molecule has 30 heavy (non-hydrogen) atoms.